The molecule has 1 aliphatic rings. The summed E-state index contributed by atoms with van der Waals surface area (Å²) in [5.41, 5.74) is 0. The van der Waals surface area contributed by atoms with Crippen molar-refractivity contribution in [3.05, 3.63) is 0 Å². The van der Waals surface area contributed by atoms with Gasteiger partial charge in [-0.2, -0.15) is 0 Å². The molecule has 1 N–H and O–H groups in total. The van der Waals surface area contributed by atoms with Crippen molar-refractivity contribution in [2.75, 3.05) is 7.11 Å². The molecule has 1 fully saturated rings. The standard InChI is InChI=1S/C9H17NO2/c1-6-4-5-8(6)10-9(11)7(2)12-3/h6-8H,4-5H2,1-3H3,(H,10,11). The molecule has 0 aromatic rings. The molecule has 0 aromatic carbocycles. The van der Waals surface area contributed by atoms with Gasteiger partial charge < -0.3 is 10.1 Å². The summed E-state index contributed by atoms with van der Waals surface area (Å²) in [6.07, 6.45) is 2.02. The van der Waals surface area contributed by atoms with Crippen molar-refractivity contribution in [3.63, 3.8) is 0 Å². The van der Waals surface area contributed by atoms with Crippen LogP contribution in [-0.2, 0) is 9.53 Å². The molecule has 1 saturated carbocycles. The Bertz CT molecular complexity index is 170. The predicted molar refractivity (Wildman–Crippen MR) is 46.8 cm³/mol. The van der Waals surface area contributed by atoms with Gasteiger partial charge in [0.1, 0.15) is 6.10 Å². The number of methoxy groups -OCH3 is 1. The Kier molecular flexibility index (Phi) is 3.09. The summed E-state index contributed by atoms with van der Waals surface area (Å²) < 4.78 is 4.90. The van der Waals surface area contributed by atoms with E-state index in [9.17, 15) is 4.79 Å². The van der Waals surface area contributed by atoms with Crippen molar-refractivity contribution in [2.45, 2.75) is 38.8 Å². The van der Waals surface area contributed by atoms with Gasteiger partial charge in [0.25, 0.3) is 0 Å². The summed E-state index contributed by atoms with van der Waals surface area (Å²) in [7, 11) is 1.55. The Hall–Kier alpha value is -0.570. The first kappa shape index (κ1) is 9.52. The van der Waals surface area contributed by atoms with Crippen LogP contribution in [0.3, 0.4) is 0 Å². The third-order valence-electron chi connectivity index (χ3n) is 2.67. The zero-order valence-corrected chi connectivity index (χ0v) is 7.96. The van der Waals surface area contributed by atoms with E-state index in [-0.39, 0.29) is 12.0 Å². The molecular formula is C9H17NO2. The molecule has 0 heterocycles. The molecule has 3 heteroatoms. The van der Waals surface area contributed by atoms with E-state index in [0.29, 0.717) is 12.0 Å². The zero-order chi connectivity index (χ0) is 9.14. The van der Waals surface area contributed by atoms with Gasteiger partial charge in [-0.1, -0.05) is 6.92 Å². The average molecular weight is 171 g/mol. The molecule has 0 aliphatic heterocycles. The van der Waals surface area contributed by atoms with Gasteiger partial charge in [0.15, 0.2) is 0 Å². The molecule has 1 rings (SSSR count). The van der Waals surface area contributed by atoms with Crippen molar-refractivity contribution in [2.24, 2.45) is 5.92 Å². The van der Waals surface area contributed by atoms with Crippen molar-refractivity contribution in [1.82, 2.24) is 5.32 Å². The summed E-state index contributed by atoms with van der Waals surface area (Å²) in [4.78, 5) is 11.3. The first-order chi connectivity index (χ1) is 5.65. The van der Waals surface area contributed by atoms with Crippen molar-refractivity contribution in [1.29, 1.82) is 0 Å². The molecule has 0 saturated heterocycles. The second-order valence-corrected chi connectivity index (χ2v) is 3.55. The van der Waals surface area contributed by atoms with Crippen LogP contribution in [0.15, 0.2) is 0 Å². The third-order valence-corrected chi connectivity index (χ3v) is 2.67. The second kappa shape index (κ2) is 3.90. The molecule has 3 nitrogen and oxygen atoms in total. The van der Waals surface area contributed by atoms with Crippen LogP contribution < -0.4 is 5.32 Å². The highest BCUT2D eigenvalue weighted by Crippen LogP contribution is 2.26. The van der Waals surface area contributed by atoms with E-state index in [1.807, 2.05) is 0 Å². The van der Waals surface area contributed by atoms with E-state index in [4.69, 9.17) is 4.74 Å². The smallest absolute Gasteiger partial charge is 0.249 e. The van der Waals surface area contributed by atoms with Crippen molar-refractivity contribution in [3.8, 4) is 0 Å². The number of ether oxygens (including phenoxy) is 1. The molecular weight excluding hydrogens is 154 g/mol. The topological polar surface area (TPSA) is 38.3 Å². The fourth-order valence-electron chi connectivity index (χ4n) is 1.29. The van der Waals surface area contributed by atoms with Gasteiger partial charge in [-0.3, -0.25) is 4.79 Å². The normalized spacial score (nSPS) is 30.6. The van der Waals surface area contributed by atoms with Gasteiger partial charge in [-0.25, -0.2) is 0 Å². The monoisotopic (exact) mass is 171 g/mol. The van der Waals surface area contributed by atoms with Crippen LogP contribution in [0.25, 0.3) is 0 Å². The maximum Gasteiger partial charge on any atom is 0.249 e. The summed E-state index contributed by atoms with van der Waals surface area (Å²) in [6, 6.07) is 0.384. The SMILES string of the molecule is COC(C)C(=O)NC1CCC1C. The lowest BCUT2D eigenvalue weighted by Crippen LogP contribution is -2.48. The molecule has 3 unspecified atom stereocenters. The lowest BCUT2D eigenvalue weighted by Gasteiger charge is -2.34. The minimum absolute atomic E-state index is 0.00838. The summed E-state index contributed by atoms with van der Waals surface area (Å²) in [5.74, 6) is 0.645. The number of carbonyl (C=O) groups excluding carboxylic acids is 1. The Morgan fingerprint density at radius 1 is 1.58 bits per heavy atom. The van der Waals surface area contributed by atoms with Crippen LogP contribution >= 0.6 is 0 Å². The second-order valence-electron chi connectivity index (χ2n) is 3.55. The van der Waals surface area contributed by atoms with Crippen LogP contribution in [0.2, 0.25) is 0 Å². The number of nitrogens with one attached hydrogen (secondary N) is 1. The number of rotatable bonds is 3. The maximum absolute atomic E-state index is 11.3. The molecule has 3 atom stereocenters. The average Bonchev–Trinajstić information content (AvgIpc) is 2.09. The van der Waals surface area contributed by atoms with Crippen LogP contribution in [0.4, 0.5) is 0 Å². The van der Waals surface area contributed by atoms with E-state index in [1.165, 1.54) is 6.42 Å². The zero-order valence-electron chi connectivity index (χ0n) is 7.96. The number of carbonyl (C=O) groups is 1. The minimum atomic E-state index is -0.321. The van der Waals surface area contributed by atoms with E-state index < -0.39 is 0 Å². The highest BCUT2D eigenvalue weighted by molar-refractivity contribution is 5.80. The Morgan fingerprint density at radius 2 is 2.25 bits per heavy atom. The van der Waals surface area contributed by atoms with Gasteiger partial charge in [0.2, 0.25) is 5.91 Å². The van der Waals surface area contributed by atoms with Crippen molar-refractivity contribution < 1.29 is 9.53 Å². The van der Waals surface area contributed by atoms with Crippen LogP contribution in [0.1, 0.15) is 26.7 Å². The van der Waals surface area contributed by atoms with Crippen LogP contribution in [-0.4, -0.2) is 25.2 Å². The highest BCUT2D eigenvalue weighted by Gasteiger charge is 2.29. The number of hydrogen-bond donors (Lipinski definition) is 1. The first-order valence-corrected chi connectivity index (χ1v) is 4.48. The molecule has 12 heavy (non-hydrogen) atoms. The van der Waals surface area contributed by atoms with Gasteiger partial charge >= 0.3 is 0 Å². The summed E-state index contributed by atoms with van der Waals surface area (Å²) in [5, 5.41) is 2.95. The third kappa shape index (κ3) is 1.97. The highest BCUT2D eigenvalue weighted by atomic mass is 16.5. The molecule has 70 valence electrons. The Labute approximate surface area is 73.5 Å². The Morgan fingerprint density at radius 3 is 2.58 bits per heavy atom. The van der Waals surface area contributed by atoms with Crippen LogP contribution in [0, 0.1) is 5.92 Å². The predicted octanol–water partition coefficient (Wildman–Crippen LogP) is 0.936. The van der Waals surface area contributed by atoms with E-state index in [1.54, 1.807) is 14.0 Å². The Balaban J connectivity index is 2.26. The molecule has 0 radical (unpaired) electrons. The fraction of sp³-hybridized carbons (Fsp3) is 0.889. The molecule has 1 aliphatic carbocycles. The molecule has 0 aromatic heterocycles. The van der Waals surface area contributed by atoms with Gasteiger partial charge in [0.05, 0.1) is 0 Å². The van der Waals surface area contributed by atoms with Crippen molar-refractivity contribution >= 4 is 5.91 Å². The molecule has 1 amide bonds. The van der Waals surface area contributed by atoms with Gasteiger partial charge in [-0.15, -0.1) is 0 Å². The number of hydrogen-bond acceptors (Lipinski definition) is 2. The maximum atomic E-state index is 11.3. The van der Waals surface area contributed by atoms with Gasteiger partial charge in [0, 0.05) is 13.2 Å². The lowest BCUT2D eigenvalue weighted by molar-refractivity contribution is -0.131. The first-order valence-electron chi connectivity index (χ1n) is 4.48. The van der Waals surface area contributed by atoms with Gasteiger partial charge in [-0.05, 0) is 25.7 Å². The summed E-state index contributed by atoms with van der Waals surface area (Å²) >= 11 is 0. The number of amides is 1. The minimum Gasteiger partial charge on any atom is -0.372 e. The quantitative estimate of drug-likeness (QED) is 0.686. The largest absolute Gasteiger partial charge is 0.372 e. The van der Waals surface area contributed by atoms with E-state index >= 15 is 0 Å². The van der Waals surface area contributed by atoms with E-state index in [0.717, 1.165) is 6.42 Å². The molecule has 0 spiro atoms. The van der Waals surface area contributed by atoms with Crippen LogP contribution in [0.5, 0.6) is 0 Å². The lowest BCUT2D eigenvalue weighted by atomic mass is 9.81. The van der Waals surface area contributed by atoms with E-state index in [2.05, 4.69) is 12.2 Å². The summed E-state index contributed by atoms with van der Waals surface area (Å²) in [6.45, 7) is 3.92. The fourth-order valence-corrected chi connectivity index (χ4v) is 1.29. The molecule has 0 bridgehead atoms.